The van der Waals surface area contributed by atoms with Crippen LogP contribution in [0.5, 0.6) is 11.5 Å². The average molecular weight is 424 g/mol. The van der Waals surface area contributed by atoms with Gasteiger partial charge in [-0.05, 0) is 66.9 Å². The Hall–Kier alpha value is -3.88. The summed E-state index contributed by atoms with van der Waals surface area (Å²) in [4.78, 5) is 37.5. The van der Waals surface area contributed by atoms with Crippen molar-refractivity contribution in [3.05, 3.63) is 54.1 Å². The molecule has 0 unspecified atom stereocenters. The molecular formula is C22H24N4O5. The first-order chi connectivity index (χ1) is 15.0. The monoisotopic (exact) mass is 424 g/mol. The molecule has 0 saturated carbocycles. The van der Waals surface area contributed by atoms with Crippen LogP contribution in [0, 0.1) is 0 Å². The van der Waals surface area contributed by atoms with Gasteiger partial charge in [0.1, 0.15) is 11.5 Å². The van der Waals surface area contributed by atoms with Crippen LogP contribution in [0.15, 0.2) is 53.6 Å². The molecule has 3 rings (SSSR count). The van der Waals surface area contributed by atoms with Crippen molar-refractivity contribution in [3.63, 3.8) is 0 Å². The van der Waals surface area contributed by atoms with E-state index in [4.69, 9.17) is 9.47 Å². The van der Waals surface area contributed by atoms with Crippen LogP contribution in [0.25, 0.3) is 0 Å². The Labute approximate surface area is 180 Å². The van der Waals surface area contributed by atoms with Gasteiger partial charge in [0.25, 0.3) is 5.91 Å². The molecule has 0 atom stereocenters. The smallest absolute Gasteiger partial charge is 0.329 e. The van der Waals surface area contributed by atoms with Crippen molar-refractivity contribution in [3.8, 4) is 11.5 Å². The van der Waals surface area contributed by atoms with Gasteiger partial charge in [-0.15, -0.1) is 0 Å². The third-order valence-electron chi connectivity index (χ3n) is 4.64. The number of amides is 3. The van der Waals surface area contributed by atoms with E-state index in [1.54, 1.807) is 53.4 Å². The number of nitrogens with zero attached hydrogens (tertiary/aromatic N) is 2. The largest absolute Gasteiger partial charge is 0.497 e. The van der Waals surface area contributed by atoms with Crippen molar-refractivity contribution in [2.24, 2.45) is 5.10 Å². The highest BCUT2D eigenvalue weighted by Crippen LogP contribution is 2.15. The van der Waals surface area contributed by atoms with Crippen molar-refractivity contribution >= 4 is 29.6 Å². The molecule has 1 fully saturated rings. The van der Waals surface area contributed by atoms with E-state index in [2.05, 4.69) is 15.8 Å². The Balaban J connectivity index is 1.42. The van der Waals surface area contributed by atoms with Crippen LogP contribution in [0.4, 0.5) is 5.69 Å². The third-order valence-corrected chi connectivity index (χ3v) is 4.64. The van der Waals surface area contributed by atoms with E-state index in [1.165, 1.54) is 13.3 Å². The van der Waals surface area contributed by atoms with Gasteiger partial charge >= 0.3 is 11.8 Å². The molecule has 162 valence electrons. The number of benzene rings is 2. The molecule has 0 spiro atoms. The van der Waals surface area contributed by atoms with Crippen molar-refractivity contribution in [1.82, 2.24) is 10.3 Å². The quantitative estimate of drug-likeness (QED) is 0.400. The zero-order chi connectivity index (χ0) is 22.1. The molecule has 9 nitrogen and oxygen atoms in total. The van der Waals surface area contributed by atoms with E-state index in [0.717, 1.165) is 25.9 Å². The number of anilines is 1. The molecule has 1 aliphatic heterocycles. The van der Waals surface area contributed by atoms with Gasteiger partial charge in [-0.2, -0.15) is 5.10 Å². The van der Waals surface area contributed by atoms with Crippen LogP contribution in [-0.2, 0) is 14.4 Å². The van der Waals surface area contributed by atoms with E-state index in [1.807, 2.05) is 0 Å². The molecule has 3 amide bonds. The van der Waals surface area contributed by atoms with Crippen molar-refractivity contribution < 1.29 is 23.9 Å². The molecule has 9 heteroatoms. The molecule has 1 heterocycles. The highest BCUT2D eigenvalue weighted by molar-refractivity contribution is 6.39. The van der Waals surface area contributed by atoms with Crippen LogP contribution in [-0.4, -0.2) is 55.6 Å². The van der Waals surface area contributed by atoms with E-state index < -0.39 is 11.8 Å². The number of nitrogens with one attached hydrogen (secondary N) is 2. The minimum absolute atomic E-state index is 0.00675. The van der Waals surface area contributed by atoms with Gasteiger partial charge in [-0.25, -0.2) is 5.43 Å². The Bertz CT molecular complexity index is 935. The maximum absolute atomic E-state index is 12.0. The third kappa shape index (κ3) is 6.56. The highest BCUT2D eigenvalue weighted by Gasteiger charge is 2.18. The maximum Gasteiger partial charge on any atom is 0.329 e. The van der Waals surface area contributed by atoms with Crippen LogP contribution < -0.4 is 20.2 Å². The van der Waals surface area contributed by atoms with Gasteiger partial charge < -0.3 is 19.7 Å². The zero-order valence-electron chi connectivity index (χ0n) is 17.2. The van der Waals surface area contributed by atoms with Crippen LogP contribution in [0.2, 0.25) is 0 Å². The first-order valence-corrected chi connectivity index (χ1v) is 9.84. The topological polar surface area (TPSA) is 109 Å². The summed E-state index contributed by atoms with van der Waals surface area (Å²) in [6, 6.07) is 13.4. The lowest BCUT2D eigenvalue weighted by Crippen LogP contribution is -2.32. The molecule has 31 heavy (non-hydrogen) atoms. The summed E-state index contributed by atoms with van der Waals surface area (Å²) in [5.74, 6) is -0.547. The number of hydrazone groups is 1. The Morgan fingerprint density at radius 2 is 1.61 bits per heavy atom. The van der Waals surface area contributed by atoms with E-state index in [9.17, 15) is 14.4 Å². The summed E-state index contributed by atoms with van der Waals surface area (Å²) in [5.41, 5.74) is 3.32. The molecule has 0 aliphatic carbocycles. The van der Waals surface area contributed by atoms with E-state index in [-0.39, 0.29) is 12.5 Å². The molecule has 0 aromatic heterocycles. The number of hydrogen-bond acceptors (Lipinski definition) is 6. The van der Waals surface area contributed by atoms with Gasteiger partial charge in [-0.3, -0.25) is 14.4 Å². The number of ether oxygens (including phenoxy) is 2. The number of methoxy groups -OCH3 is 1. The highest BCUT2D eigenvalue weighted by atomic mass is 16.5. The zero-order valence-corrected chi connectivity index (χ0v) is 17.2. The van der Waals surface area contributed by atoms with Gasteiger partial charge in [-0.1, -0.05) is 0 Å². The van der Waals surface area contributed by atoms with Gasteiger partial charge in [0.15, 0.2) is 6.61 Å². The van der Waals surface area contributed by atoms with Crippen LogP contribution >= 0.6 is 0 Å². The van der Waals surface area contributed by atoms with Crippen molar-refractivity contribution in [2.45, 2.75) is 12.8 Å². The van der Waals surface area contributed by atoms with Crippen LogP contribution in [0.3, 0.4) is 0 Å². The van der Waals surface area contributed by atoms with E-state index >= 15 is 0 Å². The maximum atomic E-state index is 12.0. The van der Waals surface area contributed by atoms with Gasteiger partial charge in [0, 0.05) is 18.8 Å². The number of carbonyl (C=O) groups excluding carboxylic acids is 3. The van der Waals surface area contributed by atoms with Gasteiger partial charge in [0.05, 0.1) is 13.3 Å². The molecule has 1 aliphatic rings. The fourth-order valence-electron chi connectivity index (χ4n) is 2.93. The average Bonchev–Trinajstić information content (AvgIpc) is 3.34. The molecule has 2 aromatic carbocycles. The molecule has 0 radical (unpaired) electrons. The summed E-state index contributed by atoms with van der Waals surface area (Å²) in [6.45, 7) is 1.59. The number of hydrogen-bond donors (Lipinski definition) is 2. The molecule has 2 aromatic rings. The number of rotatable bonds is 7. The second kappa shape index (κ2) is 10.8. The fraction of sp³-hybridized carbons (Fsp3) is 0.273. The molecular weight excluding hydrogens is 400 g/mol. The van der Waals surface area contributed by atoms with E-state index in [0.29, 0.717) is 22.7 Å². The van der Waals surface area contributed by atoms with Crippen molar-refractivity contribution in [2.75, 3.05) is 32.1 Å². The minimum Gasteiger partial charge on any atom is -0.497 e. The predicted molar refractivity (Wildman–Crippen MR) is 115 cm³/mol. The summed E-state index contributed by atoms with van der Waals surface area (Å²) in [6.07, 6.45) is 3.48. The first kappa shape index (κ1) is 21.8. The Kier molecular flexibility index (Phi) is 7.58. The summed E-state index contributed by atoms with van der Waals surface area (Å²) < 4.78 is 10.5. The first-order valence-electron chi connectivity index (χ1n) is 9.84. The molecule has 1 saturated heterocycles. The minimum atomic E-state index is -0.896. The molecule has 2 N–H and O–H groups in total. The SMILES string of the molecule is COc1ccc(NC(=O)C(=O)NN=Cc2ccc(OCC(=O)N3CCCC3)cc2)cc1. The lowest BCUT2D eigenvalue weighted by Gasteiger charge is -2.15. The van der Waals surface area contributed by atoms with Crippen LogP contribution in [0.1, 0.15) is 18.4 Å². The Morgan fingerprint density at radius 1 is 0.968 bits per heavy atom. The normalized spacial score (nSPS) is 13.1. The van der Waals surface area contributed by atoms with Crippen molar-refractivity contribution in [1.29, 1.82) is 0 Å². The standard InChI is InChI=1S/C22H24N4O5/c1-30-18-10-6-17(7-11-18)24-21(28)22(29)25-23-14-16-4-8-19(9-5-16)31-15-20(27)26-12-2-3-13-26/h4-11,14H,2-3,12-13,15H2,1H3,(H,24,28)(H,25,29). The number of likely N-dealkylation sites (tertiary alicyclic amines) is 1. The molecule has 0 bridgehead atoms. The lowest BCUT2D eigenvalue weighted by molar-refractivity contribution is -0.136. The van der Waals surface area contributed by atoms with Gasteiger partial charge in [0.2, 0.25) is 0 Å². The summed E-state index contributed by atoms with van der Waals surface area (Å²) in [7, 11) is 1.54. The summed E-state index contributed by atoms with van der Waals surface area (Å²) >= 11 is 0. The lowest BCUT2D eigenvalue weighted by atomic mass is 10.2. The predicted octanol–water partition coefficient (Wildman–Crippen LogP) is 1.79. The second-order valence-electron chi connectivity index (χ2n) is 6.83. The fourth-order valence-corrected chi connectivity index (χ4v) is 2.93. The number of carbonyl (C=O) groups is 3. The summed E-state index contributed by atoms with van der Waals surface area (Å²) in [5, 5.41) is 6.25. The Morgan fingerprint density at radius 3 is 2.26 bits per heavy atom. The second-order valence-corrected chi connectivity index (χ2v) is 6.83.